The fourth-order valence-electron chi connectivity index (χ4n) is 2.60. The van der Waals surface area contributed by atoms with E-state index in [9.17, 15) is 9.59 Å². The number of esters is 1. The highest BCUT2D eigenvalue weighted by Crippen LogP contribution is 2.20. The third kappa shape index (κ3) is 3.97. The minimum atomic E-state index is -0.360. The Morgan fingerprint density at radius 2 is 1.91 bits per heavy atom. The van der Waals surface area contributed by atoms with E-state index in [2.05, 4.69) is 6.92 Å². The lowest BCUT2D eigenvalue weighted by atomic mass is 10.1. The molecule has 0 N–H and O–H groups in total. The van der Waals surface area contributed by atoms with Gasteiger partial charge in [-0.15, -0.1) is 0 Å². The molecule has 0 aliphatic rings. The van der Waals surface area contributed by atoms with Crippen LogP contribution in [0.5, 0.6) is 0 Å². The van der Waals surface area contributed by atoms with Crippen molar-refractivity contribution in [3.05, 3.63) is 36.0 Å². The monoisotopic (exact) mass is 301 g/mol. The number of nitrogens with zero attached hydrogens (tertiary/aromatic N) is 1. The molecule has 1 heterocycles. The van der Waals surface area contributed by atoms with Gasteiger partial charge < -0.3 is 4.74 Å². The molecule has 0 amide bonds. The molecule has 0 aliphatic heterocycles. The van der Waals surface area contributed by atoms with Gasteiger partial charge in [0.2, 0.25) is 6.41 Å². The fourth-order valence-corrected chi connectivity index (χ4v) is 2.60. The number of ether oxygens (including phenoxy) is 1. The van der Waals surface area contributed by atoms with E-state index in [0.717, 1.165) is 18.2 Å². The Morgan fingerprint density at radius 1 is 1.14 bits per heavy atom. The van der Waals surface area contributed by atoms with Crippen molar-refractivity contribution in [2.75, 3.05) is 6.61 Å². The number of unbranched alkanes of at least 4 members (excludes halogenated alkanes) is 5. The highest BCUT2D eigenvalue weighted by Gasteiger charge is 2.14. The molecule has 0 radical (unpaired) electrons. The average molecular weight is 301 g/mol. The molecule has 0 unspecified atom stereocenters. The number of para-hydroxylation sites is 1. The Labute approximate surface area is 131 Å². The van der Waals surface area contributed by atoms with Crippen molar-refractivity contribution in [1.82, 2.24) is 4.57 Å². The SMILES string of the molecule is CCCCCCCCOC(=O)c1cccc2ccn(C=O)c12. The van der Waals surface area contributed by atoms with Gasteiger partial charge in [-0.3, -0.25) is 9.36 Å². The van der Waals surface area contributed by atoms with Crippen LogP contribution in [-0.4, -0.2) is 23.6 Å². The van der Waals surface area contributed by atoms with E-state index in [-0.39, 0.29) is 5.97 Å². The summed E-state index contributed by atoms with van der Waals surface area (Å²) in [4.78, 5) is 23.3. The van der Waals surface area contributed by atoms with Crippen molar-refractivity contribution in [3.8, 4) is 0 Å². The summed E-state index contributed by atoms with van der Waals surface area (Å²) in [5, 5.41) is 0.862. The van der Waals surface area contributed by atoms with Gasteiger partial charge in [0.15, 0.2) is 0 Å². The molecule has 2 aromatic rings. The molecular weight excluding hydrogens is 278 g/mol. The first-order valence-corrected chi connectivity index (χ1v) is 8.00. The highest BCUT2D eigenvalue weighted by molar-refractivity contribution is 6.04. The maximum Gasteiger partial charge on any atom is 0.340 e. The second-order valence-corrected chi connectivity index (χ2v) is 5.48. The normalized spacial score (nSPS) is 10.8. The zero-order valence-corrected chi connectivity index (χ0v) is 13.1. The Morgan fingerprint density at radius 3 is 2.68 bits per heavy atom. The molecule has 4 heteroatoms. The van der Waals surface area contributed by atoms with Crippen molar-refractivity contribution in [2.24, 2.45) is 0 Å². The minimum absolute atomic E-state index is 0.360. The van der Waals surface area contributed by atoms with Crippen LogP contribution < -0.4 is 0 Å². The predicted octanol–water partition coefficient (Wildman–Crippen LogP) is 4.20. The zero-order valence-electron chi connectivity index (χ0n) is 13.1. The van der Waals surface area contributed by atoms with E-state index >= 15 is 0 Å². The van der Waals surface area contributed by atoms with Crippen LogP contribution >= 0.6 is 0 Å². The van der Waals surface area contributed by atoms with E-state index in [1.165, 1.54) is 30.3 Å². The van der Waals surface area contributed by atoms with Gasteiger partial charge in [-0.25, -0.2) is 4.79 Å². The van der Waals surface area contributed by atoms with E-state index in [4.69, 9.17) is 4.74 Å². The molecule has 1 aromatic heterocycles. The van der Waals surface area contributed by atoms with Crippen molar-refractivity contribution >= 4 is 23.3 Å². The third-order valence-corrected chi connectivity index (χ3v) is 3.80. The van der Waals surface area contributed by atoms with Gasteiger partial charge in [0.05, 0.1) is 17.7 Å². The largest absolute Gasteiger partial charge is 0.462 e. The number of carbonyl (C=O) groups excluding carboxylic acids is 2. The van der Waals surface area contributed by atoms with Crippen LogP contribution in [0.25, 0.3) is 10.9 Å². The van der Waals surface area contributed by atoms with Crippen molar-refractivity contribution < 1.29 is 14.3 Å². The van der Waals surface area contributed by atoms with E-state index in [1.54, 1.807) is 18.3 Å². The van der Waals surface area contributed by atoms with Crippen LogP contribution in [0.2, 0.25) is 0 Å². The molecule has 2 rings (SSSR count). The molecule has 0 bridgehead atoms. The average Bonchev–Trinajstić information content (AvgIpc) is 2.97. The molecule has 0 saturated heterocycles. The lowest BCUT2D eigenvalue weighted by molar-refractivity contribution is 0.0499. The quantitative estimate of drug-likeness (QED) is 0.396. The van der Waals surface area contributed by atoms with Gasteiger partial charge in [-0.1, -0.05) is 51.2 Å². The number of benzene rings is 1. The number of hydrogen-bond acceptors (Lipinski definition) is 3. The van der Waals surface area contributed by atoms with Gasteiger partial charge in [0.25, 0.3) is 0 Å². The fraction of sp³-hybridized carbons (Fsp3) is 0.444. The van der Waals surface area contributed by atoms with Gasteiger partial charge in [-0.2, -0.15) is 0 Å². The molecule has 0 atom stereocenters. The smallest absolute Gasteiger partial charge is 0.340 e. The summed E-state index contributed by atoms with van der Waals surface area (Å²) in [7, 11) is 0. The Hall–Kier alpha value is -2.10. The minimum Gasteiger partial charge on any atom is -0.462 e. The Kier molecular flexibility index (Phi) is 6.19. The molecule has 118 valence electrons. The molecule has 0 spiro atoms. The summed E-state index contributed by atoms with van der Waals surface area (Å²) < 4.78 is 6.76. The molecule has 0 fully saturated rings. The predicted molar refractivity (Wildman–Crippen MR) is 87.7 cm³/mol. The summed E-state index contributed by atoms with van der Waals surface area (Å²) in [6, 6.07) is 7.19. The Balaban J connectivity index is 1.90. The van der Waals surface area contributed by atoms with E-state index in [0.29, 0.717) is 24.1 Å². The van der Waals surface area contributed by atoms with Crippen molar-refractivity contribution in [1.29, 1.82) is 0 Å². The van der Waals surface area contributed by atoms with Crippen LogP contribution in [0, 0.1) is 0 Å². The zero-order chi connectivity index (χ0) is 15.8. The molecular formula is C18H23NO3. The Bertz CT molecular complexity index is 630. The first-order valence-electron chi connectivity index (χ1n) is 8.00. The van der Waals surface area contributed by atoms with Crippen molar-refractivity contribution in [2.45, 2.75) is 45.4 Å². The first-order chi connectivity index (χ1) is 10.8. The maximum absolute atomic E-state index is 12.2. The highest BCUT2D eigenvalue weighted by atomic mass is 16.5. The summed E-state index contributed by atoms with van der Waals surface area (Å²) >= 11 is 0. The van der Waals surface area contributed by atoms with Gasteiger partial charge in [0, 0.05) is 11.6 Å². The second kappa shape index (κ2) is 8.37. The molecule has 4 nitrogen and oxygen atoms in total. The van der Waals surface area contributed by atoms with Crippen LogP contribution in [0.15, 0.2) is 30.5 Å². The lowest BCUT2D eigenvalue weighted by Gasteiger charge is -2.07. The van der Waals surface area contributed by atoms with Crippen LogP contribution in [0.1, 0.15) is 55.8 Å². The van der Waals surface area contributed by atoms with E-state index in [1.807, 2.05) is 12.1 Å². The number of carbonyl (C=O) groups is 2. The van der Waals surface area contributed by atoms with Crippen LogP contribution in [0.3, 0.4) is 0 Å². The van der Waals surface area contributed by atoms with Gasteiger partial charge in [-0.05, 0) is 18.6 Å². The summed E-state index contributed by atoms with van der Waals surface area (Å²) in [6.07, 6.45) is 9.27. The molecule has 1 aromatic carbocycles. The lowest BCUT2D eigenvalue weighted by Crippen LogP contribution is -2.09. The summed E-state index contributed by atoms with van der Waals surface area (Å²) in [6.45, 7) is 2.63. The third-order valence-electron chi connectivity index (χ3n) is 3.80. The van der Waals surface area contributed by atoms with Crippen LogP contribution in [-0.2, 0) is 9.53 Å². The van der Waals surface area contributed by atoms with Crippen LogP contribution in [0.4, 0.5) is 0 Å². The standard InChI is InChI=1S/C18H23NO3/c1-2-3-4-5-6-7-13-22-18(21)16-10-8-9-15-11-12-19(14-20)17(15)16/h8-12,14H,2-7,13H2,1H3. The van der Waals surface area contributed by atoms with Crippen molar-refractivity contribution in [3.63, 3.8) is 0 Å². The molecule has 0 saturated carbocycles. The number of aromatic nitrogens is 1. The first kappa shape index (κ1) is 16.3. The molecule has 0 aliphatic carbocycles. The number of rotatable bonds is 9. The number of fused-ring (bicyclic) bond motifs is 1. The summed E-state index contributed by atoms with van der Waals surface area (Å²) in [5.41, 5.74) is 1.06. The maximum atomic E-state index is 12.2. The summed E-state index contributed by atoms with van der Waals surface area (Å²) in [5.74, 6) is -0.360. The van der Waals surface area contributed by atoms with Gasteiger partial charge >= 0.3 is 5.97 Å². The number of hydrogen-bond donors (Lipinski definition) is 0. The van der Waals surface area contributed by atoms with Gasteiger partial charge in [0.1, 0.15) is 0 Å². The molecule has 22 heavy (non-hydrogen) atoms. The van der Waals surface area contributed by atoms with E-state index < -0.39 is 0 Å². The second-order valence-electron chi connectivity index (χ2n) is 5.48. The topological polar surface area (TPSA) is 48.3 Å².